The number of hydrogen-bond donors (Lipinski definition) is 0. The molecule has 0 atom stereocenters. The number of aromatic nitrogens is 2. The normalized spacial score (nSPS) is 12.7. The van der Waals surface area contributed by atoms with Crippen molar-refractivity contribution in [3.8, 4) is 6.07 Å². The highest BCUT2D eigenvalue weighted by atomic mass is 16.2. The largest absolute Gasteiger partial charge is 0.331 e. The summed E-state index contributed by atoms with van der Waals surface area (Å²) in [5.74, 6) is -0.331. The smallest absolute Gasteiger partial charge is 0.296 e. The quantitative estimate of drug-likeness (QED) is 0.781. The number of nitriles is 1. The number of nitrogens with zero attached hydrogens (tertiary/aromatic N) is 3. The molecule has 0 radical (unpaired) electrons. The summed E-state index contributed by atoms with van der Waals surface area (Å²) in [5.41, 5.74) is -0.303. The van der Waals surface area contributed by atoms with Crippen LogP contribution in [0.4, 0.5) is 0 Å². The molecule has 1 aliphatic rings. The van der Waals surface area contributed by atoms with E-state index in [4.69, 9.17) is 0 Å². The molecule has 0 spiro atoms. The maximum absolute atomic E-state index is 12.4. The van der Waals surface area contributed by atoms with Crippen LogP contribution in [0.5, 0.6) is 0 Å². The molecular formula is C16H13N3O3. The maximum Gasteiger partial charge on any atom is 0.331 e. The van der Waals surface area contributed by atoms with Crippen LogP contribution in [-0.2, 0) is 19.5 Å². The molecule has 2 heterocycles. The van der Waals surface area contributed by atoms with Crippen molar-refractivity contribution in [1.82, 2.24) is 9.13 Å². The Balaban J connectivity index is 2.10. The van der Waals surface area contributed by atoms with Gasteiger partial charge in [-0.05, 0) is 12.8 Å². The molecule has 1 aromatic carbocycles. The van der Waals surface area contributed by atoms with Gasteiger partial charge in [0.05, 0.1) is 6.54 Å². The minimum atomic E-state index is -0.676. The van der Waals surface area contributed by atoms with Gasteiger partial charge in [0.1, 0.15) is 11.6 Å². The van der Waals surface area contributed by atoms with E-state index in [2.05, 4.69) is 0 Å². The first-order valence-corrected chi connectivity index (χ1v) is 6.98. The Morgan fingerprint density at radius 2 is 1.95 bits per heavy atom. The molecule has 0 fully saturated rings. The summed E-state index contributed by atoms with van der Waals surface area (Å²) in [5, 5.41) is 9.19. The zero-order valence-corrected chi connectivity index (χ0v) is 11.8. The van der Waals surface area contributed by atoms with Crippen molar-refractivity contribution >= 4 is 5.78 Å². The Kier molecular flexibility index (Phi) is 3.47. The summed E-state index contributed by atoms with van der Waals surface area (Å²) in [7, 11) is 0. The summed E-state index contributed by atoms with van der Waals surface area (Å²) in [6.45, 7) is 0.124. The van der Waals surface area contributed by atoms with Gasteiger partial charge in [0.25, 0.3) is 5.56 Å². The van der Waals surface area contributed by atoms with Gasteiger partial charge >= 0.3 is 5.69 Å². The molecule has 0 saturated carbocycles. The average Bonchev–Trinajstić information content (AvgIpc) is 3.02. The van der Waals surface area contributed by atoms with Crippen molar-refractivity contribution < 1.29 is 4.79 Å². The Bertz CT molecular complexity index is 901. The van der Waals surface area contributed by atoms with E-state index in [0.29, 0.717) is 24.2 Å². The molecule has 2 aromatic rings. The van der Waals surface area contributed by atoms with Crippen LogP contribution in [0.25, 0.3) is 0 Å². The van der Waals surface area contributed by atoms with Crippen molar-refractivity contribution in [1.29, 1.82) is 5.26 Å². The van der Waals surface area contributed by atoms with Crippen molar-refractivity contribution in [3.05, 3.63) is 68.0 Å². The molecular weight excluding hydrogens is 282 g/mol. The van der Waals surface area contributed by atoms with E-state index in [-0.39, 0.29) is 17.9 Å². The molecule has 6 nitrogen and oxygen atoms in total. The molecule has 1 aliphatic heterocycles. The van der Waals surface area contributed by atoms with Crippen LogP contribution in [0.2, 0.25) is 0 Å². The Labute approximate surface area is 125 Å². The fourth-order valence-corrected chi connectivity index (χ4v) is 2.75. The van der Waals surface area contributed by atoms with Crippen LogP contribution in [0.3, 0.4) is 0 Å². The Morgan fingerprint density at radius 3 is 2.64 bits per heavy atom. The summed E-state index contributed by atoms with van der Waals surface area (Å²) in [4.78, 5) is 36.9. The zero-order chi connectivity index (χ0) is 15.7. The Hall–Kier alpha value is -2.94. The molecule has 3 rings (SSSR count). The van der Waals surface area contributed by atoms with Gasteiger partial charge in [-0.25, -0.2) is 4.79 Å². The van der Waals surface area contributed by atoms with Crippen LogP contribution in [0, 0.1) is 11.3 Å². The predicted molar refractivity (Wildman–Crippen MR) is 78.8 cm³/mol. The van der Waals surface area contributed by atoms with Gasteiger partial charge in [0, 0.05) is 17.8 Å². The third-order valence-electron chi connectivity index (χ3n) is 3.84. The van der Waals surface area contributed by atoms with Crippen molar-refractivity contribution in [2.24, 2.45) is 0 Å². The number of Topliss-reactive ketones (excluding diaryl/α,β-unsaturated/α-hetero) is 1. The SMILES string of the molecule is N#Cc1c2n(c(=O)n(CC(=O)c3ccccc3)c1=O)CCC2. The van der Waals surface area contributed by atoms with E-state index in [9.17, 15) is 19.6 Å². The minimum absolute atomic E-state index is 0.0297. The molecule has 0 amide bonds. The van der Waals surface area contributed by atoms with E-state index in [0.717, 1.165) is 11.0 Å². The van der Waals surface area contributed by atoms with Crippen molar-refractivity contribution in [2.45, 2.75) is 25.9 Å². The van der Waals surface area contributed by atoms with Gasteiger partial charge in [-0.15, -0.1) is 0 Å². The summed E-state index contributed by atoms with van der Waals surface area (Å²) >= 11 is 0. The minimum Gasteiger partial charge on any atom is -0.296 e. The molecule has 0 saturated heterocycles. The highest BCUT2D eigenvalue weighted by Crippen LogP contribution is 2.13. The lowest BCUT2D eigenvalue weighted by Gasteiger charge is -2.10. The lowest BCUT2D eigenvalue weighted by atomic mass is 10.1. The van der Waals surface area contributed by atoms with Crippen LogP contribution < -0.4 is 11.2 Å². The first kappa shape index (κ1) is 14.0. The molecule has 6 heteroatoms. The van der Waals surface area contributed by atoms with Crippen molar-refractivity contribution in [2.75, 3.05) is 0 Å². The first-order chi connectivity index (χ1) is 10.6. The molecule has 1 aromatic heterocycles. The van der Waals surface area contributed by atoms with E-state index < -0.39 is 11.2 Å². The fourth-order valence-electron chi connectivity index (χ4n) is 2.75. The lowest BCUT2D eigenvalue weighted by molar-refractivity contribution is 0.0968. The second-order valence-corrected chi connectivity index (χ2v) is 5.15. The van der Waals surface area contributed by atoms with Gasteiger partial charge < -0.3 is 0 Å². The highest BCUT2D eigenvalue weighted by molar-refractivity contribution is 5.95. The maximum atomic E-state index is 12.4. The lowest BCUT2D eigenvalue weighted by Crippen LogP contribution is -2.43. The van der Waals surface area contributed by atoms with E-state index in [1.807, 2.05) is 6.07 Å². The van der Waals surface area contributed by atoms with Crippen LogP contribution in [-0.4, -0.2) is 14.9 Å². The third-order valence-corrected chi connectivity index (χ3v) is 3.84. The Morgan fingerprint density at radius 1 is 1.23 bits per heavy atom. The topological polar surface area (TPSA) is 84.9 Å². The monoisotopic (exact) mass is 295 g/mol. The third kappa shape index (κ3) is 2.17. The molecule has 0 bridgehead atoms. The van der Waals surface area contributed by atoms with E-state index in [1.54, 1.807) is 30.3 Å². The van der Waals surface area contributed by atoms with Crippen LogP contribution in [0.15, 0.2) is 39.9 Å². The molecule has 0 unspecified atom stereocenters. The number of rotatable bonds is 3. The number of benzene rings is 1. The standard InChI is InChI=1S/C16H13N3O3/c17-9-12-13-7-4-8-18(13)16(22)19(15(12)21)10-14(20)11-5-2-1-3-6-11/h1-3,5-6H,4,7-8,10H2. The number of fused-ring (bicyclic) bond motifs is 1. The fraction of sp³-hybridized carbons (Fsp3) is 0.250. The van der Waals surface area contributed by atoms with Gasteiger partial charge in [-0.3, -0.25) is 18.7 Å². The zero-order valence-electron chi connectivity index (χ0n) is 11.8. The average molecular weight is 295 g/mol. The van der Waals surface area contributed by atoms with Crippen molar-refractivity contribution in [3.63, 3.8) is 0 Å². The first-order valence-electron chi connectivity index (χ1n) is 6.98. The van der Waals surface area contributed by atoms with E-state index in [1.165, 1.54) is 4.57 Å². The highest BCUT2D eigenvalue weighted by Gasteiger charge is 2.23. The molecule has 110 valence electrons. The van der Waals surface area contributed by atoms with Crippen LogP contribution >= 0.6 is 0 Å². The van der Waals surface area contributed by atoms with E-state index >= 15 is 0 Å². The van der Waals surface area contributed by atoms with Gasteiger partial charge in [0.2, 0.25) is 0 Å². The van der Waals surface area contributed by atoms with Gasteiger partial charge in [0.15, 0.2) is 5.78 Å². The summed E-state index contributed by atoms with van der Waals surface area (Å²) < 4.78 is 2.29. The number of carbonyl (C=O) groups is 1. The molecule has 22 heavy (non-hydrogen) atoms. The second-order valence-electron chi connectivity index (χ2n) is 5.15. The molecule has 0 aliphatic carbocycles. The molecule has 0 N–H and O–H groups in total. The van der Waals surface area contributed by atoms with Gasteiger partial charge in [-0.1, -0.05) is 30.3 Å². The summed E-state index contributed by atoms with van der Waals surface area (Å²) in [6.07, 6.45) is 1.26. The number of carbonyl (C=O) groups excluding carboxylic acids is 1. The van der Waals surface area contributed by atoms with Gasteiger partial charge in [-0.2, -0.15) is 5.26 Å². The predicted octanol–water partition coefficient (Wildman–Crippen LogP) is 0.711. The number of hydrogen-bond acceptors (Lipinski definition) is 4. The second kappa shape index (κ2) is 5.45. The van der Waals surface area contributed by atoms with Crippen LogP contribution in [0.1, 0.15) is 28.0 Å². The number of ketones is 1. The summed E-state index contributed by atoms with van der Waals surface area (Å²) in [6, 6.07) is 10.3.